The van der Waals surface area contributed by atoms with Crippen LogP contribution in [0.15, 0.2) is 77.3 Å². The van der Waals surface area contributed by atoms with E-state index >= 15 is 0 Å². The molecule has 24 heavy (non-hydrogen) atoms. The first kappa shape index (κ1) is 14.5. The van der Waals surface area contributed by atoms with E-state index in [0.29, 0.717) is 6.61 Å². The lowest BCUT2D eigenvalue weighted by atomic mass is 10.1. The topological polar surface area (TPSA) is 35.3 Å². The number of aryl methyl sites for hydroxylation is 1. The van der Waals surface area contributed by atoms with Gasteiger partial charge in [-0.3, -0.25) is 0 Å². The van der Waals surface area contributed by atoms with Crippen LogP contribution in [0.3, 0.4) is 0 Å². The first-order valence-corrected chi connectivity index (χ1v) is 7.92. The zero-order valence-electron chi connectivity index (χ0n) is 13.4. The molecule has 3 heteroatoms. The Morgan fingerprint density at radius 1 is 0.875 bits per heavy atom. The number of fused-ring (bicyclic) bond motifs is 1. The van der Waals surface area contributed by atoms with Crippen molar-refractivity contribution >= 4 is 10.8 Å². The average molecular weight is 315 g/mol. The van der Waals surface area contributed by atoms with Crippen molar-refractivity contribution in [2.45, 2.75) is 13.5 Å². The third-order valence-electron chi connectivity index (χ3n) is 4.00. The average Bonchev–Trinajstić information content (AvgIpc) is 3.07. The molecule has 0 saturated heterocycles. The molecule has 0 fully saturated rings. The molecular weight excluding hydrogens is 298 g/mol. The van der Waals surface area contributed by atoms with E-state index in [4.69, 9.17) is 9.26 Å². The summed E-state index contributed by atoms with van der Waals surface area (Å²) in [4.78, 5) is 0. The predicted molar refractivity (Wildman–Crippen MR) is 95.0 cm³/mol. The number of hydrogen-bond acceptors (Lipinski definition) is 3. The fourth-order valence-electron chi connectivity index (χ4n) is 2.72. The number of hydrogen-bond donors (Lipinski definition) is 0. The van der Waals surface area contributed by atoms with Gasteiger partial charge >= 0.3 is 0 Å². The second-order valence-corrected chi connectivity index (χ2v) is 5.82. The van der Waals surface area contributed by atoms with Crippen molar-refractivity contribution in [1.29, 1.82) is 0 Å². The lowest BCUT2D eigenvalue weighted by molar-refractivity contribution is 0.306. The smallest absolute Gasteiger partial charge is 0.134 e. The Morgan fingerprint density at radius 2 is 1.67 bits per heavy atom. The van der Waals surface area contributed by atoms with Gasteiger partial charge in [0, 0.05) is 11.6 Å². The molecule has 0 saturated carbocycles. The molecule has 0 aliphatic carbocycles. The van der Waals surface area contributed by atoms with E-state index in [1.165, 1.54) is 10.8 Å². The minimum atomic E-state index is 0.549. The highest BCUT2D eigenvalue weighted by atomic mass is 16.5. The van der Waals surface area contributed by atoms with Crippen molar-refractivity contribution in [3.63, 3.8) is 0 Å². The summed E-state index contributed by atoms with van der Waals surface area (Å²) in [6.07, 6.45) is 0. The van der Waals surface area contributed by atoms with Crippen LogP contribution in [-0.2, 0) is 6.61 Å². The molecule has 0 radical (unpaired) electrons. The summed E-state index contributed by atoms with van der Waals surface area (Å²) in [5, 5.41) is 6.50. The fraction of sp³-hybridized carbons (Fsp3) is 0.0952. The van der Waals surface area contributed by atoms with Gasteiger partial charge in [-0.25, -0.2) is 0 Å². The first-order chi connectivity index (χ1) is 11.8. The standard InChI is InChI=1S/C21H17NO2/c1-15-12-21(22-24-15)18-8-10-20(11-9-18)23-14-16-6-7-17-4-2-3-5-19(17)13-16/h2-13H,14H2,1H3. The Kier molecular flexibility index (Phi) is 3.75. The molecular formula is C21H17NO2. The molecule has 1 aromatic heterocycles. The second kappa shape index (κ2) is 6.20. The molecule has 3 aromatic carbocycles. The molecule has 0 aliphatic heterocycles. The predicted octanol–water partition coefficient (Wildman–Crippen LogP) is 5.38. The maximum atomic E-state index is 5.89. The van der Waals surface area contributed by atoms with E-state index in [0.717, 1.165) is 28.3 Å². The van der Waals surface area contributed by atoms with Crippen LogP contribution in [0.25, 0.3) is 22.0 Å². The highest BCUT2D eigenvalue weighted by Crippen LogP contribution is 2.23. The molecule has 0 aliphatic rings. The fourth-order valence-corrected chi connectivity index (χ4v) is 2.72. The van der Waals surface area contributed by atoms with Gasteiger partial charge in [0.1, 0.15) is 23.8 Å². The lowest BCUT2D eigenvalue weighted by Gasteiger charge is -2.08. The van der Waals surface area contributed by atoms with E-state index in [1.807, 2.05) is 37.3 Å². The van der Waals surface area contributed by atoms with Gasteiger partial charge in [-0.1, -0.05) is 41.6 Å². The Balaban J connectivity index is 1.46. The van der Waals surface area contributed by atoms with E-state index in [1.54, 1.807) is 0 Å². The van der Waals surface area contributed by atoms with Crippen molar-refractivity contribution in [2.75, 3.05) is 0 Å². The van der Waals surface area contributed by atoms with E-state index < -0.39 is 0 Å². The van der Waals surface area contributed by atoms with Gasteiger partial charge in [0.2, 0.25) is 0 Å². The van der Waals surface area contributed by atoms with Gasteiger partial charge in [-0.05, 0) is 53.6 Å². The monoisotopic (exact) mass is 315 g/mol. The van der Waals surface area contributed by atoms with Crippen LogP contribution >= 0.6 is 0 Å². The summed E-state index contributed by atoms with van der Waals surface area (Å²) in [5.74, 6) is 1.65. The number of nitrogens with zero attached hydrogens (tertiary/aromatic N) is 1. The third kappa shape index (κ3) is 3.01. The Labute approximate surface area is 140 Å². The molecule has 0 amide bonds. The van der Waals surface area contributed by atoms with Crippen LogP contribution in [-0.4, -0.2) is 5.16 Å². The van der Waals surface area contributed by atoms with Crippen LogP contribution in [0.5, 0.6) is 5.75 Å². The first-order valence-electron chi connectivity index (χ1n) is 7.92. The molecule has 1 heterocycles. The van der Waals surface area contributed by atoms with Gasteiger partial charge < -0.3 is 9.26 Å². The number of rotatable bonds is 4. The van der Waals surface area contributed by atoms with Crippen LogP contribution in [0.1, 0.15) is 11.3 Å². The summed E-state index contributed by atoms with van der Waals surface area (Å²) in [7, 11) is 0. The van der Waals surface area contributed by atoms with Crippen molar-refractivity contribution < 1.29 is 9.26 Å². The van der Waals surface area contributed by atoms with Crippen molar-refractivity contribution in [2.24, 2.45) is 0 Å². The van der Waals surface area contributed by atoms with Gasteiger partial charge in [-0.15, -0.1) is 0 Å². The SMILES string of the molecule is Cc1cc(-c2ccc(OCc3ccc4ccccc4c3)cc2)no1. The molecule has 0 spiro atoms. The van der Waals surface area contributed by atoms with Gasteiger partial charge in [0.15, 0.2) is 0 Å². The van der Waals surface area contributed by atoms with Crippen molar-refractivity contribution in [3.8, 4) is 17.0 Å². The number of aromatic nitrogens is 1. The Hall–Kier alpha value is -3.07. The Bertz CT molecular complexity index is 970. The van der Waals surface area contributed by atoms with Crippen LogP contribution in [0.4, 0.5) is 0 Å². The molecule has 4 aromatic rings. The number of benzene rings is 3. The third-order valence-corrected chi connectivity index (χ3v) is 4.00. The van der Waals surface area contributed by atoms with Crippen molar-refractivity contribution in [1.82, 2.24) is 5.16 Å². The maximum absolute atomic E-state index is 5.89. The Morgan fingerprint density at radius 3 is 2.42 bits per heavy atom. The molecule has 118 valence electrons. The normalized spacial score (nSPS) is 10.9. The summed E-state index contributed by atoms with van der Waals surface area (Å²) < 4.78 is 11.0. The van der Waals surface area contributed by atoms with Gasteiger partial charge in [0.25, 0.3) is 0 Å². The summed E-state index contributed by atoms with van der Waals surface area (Å²) >= 11 is 0. The highest BCUT2D eigenvalue weighted by molar-refractivity contribution is 5.82. The van der Waals surface area contributed by atoms with Gasteiger partial charge in [0.05, 0.1) is 0 Å². The van der Waals surface area contributed by atoms with Crippen LogP contribution in [0, 0.1) is 6.92 Å². The van der Waals surface area contributed by atoms with Crippen LogP contribution < -0.4 is 4.74 Å². The van der Waals surface area contributed by atoms with E-state index in [2.05, 4.69) is 47.6 Å². The number of ether oxygens (including phenoxy) is 1. The minimum Gasteiger partial charge on any atom is -0.489 e. The molecule has 0 bridgehead atoms. The van der Waals surface area contributed by atoms with Gasteiger partial charge in [-0.2, -0.15) is 0 Å². The quantitative estimate of drug-likeness (QED) is 0.507. The minimum absolute atomic E-state index is 0.549. The molecule has 3 nitrogen and oxygen atoms in total. The summed E-state index contributed by atoms with van der Waals surface area (Å²) in [6.45, 7) is 2.44. The molecule has 0 N–H and O–H groups in total. The van der Waals surface area contributed by atoms with Crippen molar-refractivity contribution in [3.05, 3.63) is 84.1 Å². The zero-order valence-corrected chi connectivity index (χ0v) is 13.4. The summed E-state index contributed by atoms with van der Waals surface area (Å²) in [6, 6.07) is 24.6. The highest BCUT2D eigenvalue weighted by Gasteiger charge is 2.04. The molecule has 4 rings (SSSR count). The van der Waals surface area contributed by atoms with Crippen LogP contribution in [0.2, 0.25) is 0 Å². The zero-order chi connectivity index (χ0) is 16.4. The second-order valence-electron chi connectivity index (χ2n) is 5.82. The summed E-state index contributed by atoms with van der Waals surface area (Å²) in [5.41, 5.74) is 3.02. The molecule has 0 unspecified atom stereocenters. The maximum Gasteiger partial charge on any atom is 0.134 e. The lowest BCUT2D eigenvalue weighted by Crippen LogP contribution is -1.95. The largest absolute Gasteiger partial charge is 0.489 e. The van der Waals surface area contributed by atoms with E-state index in [9.17, 15) is 0 Å². The van der Waals surface area contributed by atoms with E-state index in [-0.39, 0.29) is 0 Å². The molecule has 0 atom stereocenters.